The minimum absolute atomic E-state index is 0.140. The van der Waals surface area contributed by atoms with Crippen LogP contribution in [0.4, 0.5) is 0 Å². The Morgan fingerprint density at radius 1 is 1.29 bits per heavy atom. The molecule has 0 amide bonds. The summed E-state index contributed by atoms with van der Waals surface area (Å²) >= 11 is 0. The van der Waals surface area contributed by atoms with Crippen molar-refractivity contribution in [1.82, 2.24) is 9.97 Å². The van der Waals surface area contributed by atoms with Crippen LogP contribution in [0.5, 0.6) is 17.2 Å². The maximum absolute atomic E-state index is 11.8. The highest BCUT2D eigenvalue weighted by molar-refractivity contribution is 5.67. The summed E-state index contributed by atoms with van der Waals surface area (Å²) < 4.78 is 16.1. The molecule has 2 aromatic rings. The van der Waals surface area contributed by atoms with E-state index in [0.29, 0.717) is 29.0 Å². The molecule has 1 aromatic carbocycles. The van der Waals surface area contributed by atoms with Crippen molar-refractivity contribution in [2.45, 2.75) is 18.8 Å². The average Bonchev–Trinajstić information content (AvgIpc) is 3.23. The molecule has 1 saturated carbocycles. The van der Waals surface area contributed by atoms with Crippen LogP contribution in [0.15, 0.2) is 23.0 Å². The van der Waals surface area contributed by atoms with Gasteiger partial charge in [-0.15, -0.1) is 0 Å². The maximum atomic E-state index is 11.8. The molecule has 0 atom stereocenters. The molecule has 1 N–H and O–H groups in total. The lowest BCUT2D eigenvalue weighted by Crippen LogP contribution is -2.10. The van der Waals surface area contributed by atoms with Gasteiger partial charge < -0.3 is 19.2 Å². The minimum Gasteiger partial charge on any atom is -0.493 e. The van der Waals surface area contributed by atoms with Crippen molar-refractivity contribution >= 4 is 0 Å². The van der Waals surface area contributed by atoms with E-state index in [4.69, 9.17) is 14.2 Å². The molecule has 0 unspecified atom stereocenters. The van der Waals surface area contributed by atoms with E-state index >= 15 is 0 Å². The number of benzene rings is 1. The summed E-state index contributed by atoms with van der Waals surface area (Å²) in [4.78, 5) is 19.2. The lowest BCUT2D eigenvalue weighted by molar-refractivity contribution is 0.171. The van der Waals surface area contributed by atoms with Crippen molar-refractivity contribution in [2.75, 3.05) is 13.9 Å². The van der Waals surface area contributed by atoms with Gasteiger partial charge in [0.15, 0.2) is 11.5 Å². The lowest BCUT2D eigenvalue weighted by atomic mass is 10.1. The summed E-state index contributed by atoms with van der Waals surface area (Å²) in [5.74, 6) is 2.70. The molecule has 1 fully saturated rings. The predicted molar refractivity (Wildman–Crippen MR) is 74.9 cm³/mol. The number of fused-ring (bicyclic) bond motifs is 1. The molecule has 1 aliphatic carbocycles. The lowest BCUT2D eigenvalue weighted by Gasteiger charge is -2.08. The molecule has 21 heavy (non-hydrogen) atoms. The number of methoxy groups -OCH3 is 1. The molecular weight excluding hydrogens is 272 g/mol. The van der Waals surface area contributed by atoms with Crippen molar-refractivity contribution in [3.8, 4) is 28.6 Å². The first-order valence-electron chi connectivity index (χ1n) is 6.84. The highest BCUT2D eigenvalue weighted by Gasteiger charge is 2.26. The molecule has 2 aliphatic rings. The first-order chi connectivity index (χ1) is 10.2. The molecule has 1 aromatic heterocycles. The third-order valence-corrected chi connectivity index (χ3v) is 3.69. The summed E-state index contributed by atoms with van der Waals surface area (Å²) in [5, 5.41) is 0. The molecular formula is C15H14N2O4. The highest BCUT2D eigenvalue weighted by Crippen LogP contribution is 2.44. The Hall–Kier alpha value is -2.50. The van der Waals surface area contributed by atoms with E-state index in [2.05, 4.69) is 9.97 Å². The Morgan fingerprint density at radius 2 is 2.14 bits per heavy atom. The van der Waals surface area contributed by atoms with Crippen LogP contribution in [0.3, 0.4) is 0 Å². The van der Waals surface area contributed by atoms with Crippen LogP contribution in [0.2, 0.25) is 0 Å². The van der Waals surface area contributed by atoms with Crippen LogP contribution in [0.1, 0.15) is 24.5 Å². The number of aromatic amines is 1. The van der Waals surface area contributed by atoms with Crippen molar-refractivity contribution in [3.63, 3.8) is 0 Å². The summed E-state index contributed by atoms with van der Waals surface area (Å²) in [6.45, 7) is 0.168. The van der Waals surface area contributed by atoms with Crippen molar-refractivity contribution in [2.24, 2.45) is 0 Å². The average molecular weight is 286 g/mol. The summed E-state index contributed by atoms with van der Waals surface area (Å²) in [5.41, 5.74) is 1.46. The topological polar surface area (TPSA) is 73.4 Å². The SMILES string of the molecule is COc1cc(-c2nc(C3CC3)cc(=O)[nH]2)cc2c1OCO2. The fraction of sp³-hybridized carbons (Fsp3) is 0.333. The Morgan fingerprint density at radius 3 is 2.90 bits per heavy atom. The van der Waals surface area contributed by atoms with E-state index in [1.165, 1.54) is 0 Å². The van der Waals surface area contributed by atoms with Crippen LogP contribution < -0.4 is 19.8 Å². The van der Waals surface area contributed by atoms with Crippen LogP contribution >= 0.6 is 0 Å². The predicted octanol–water partition coefficient (Wildman–Crippen LogP) is 2.05. The van der Waals surface area contributed by atoms with Crippen molar-refractivity contribution < 1.29 is 14.2 Å². The number of H-pyrrole nitrogens is 1. The van der Waals surface area contributed by atoms with Gasteiger partial charge in [-0.05, 0) is 25.0 Å². The summed E-state index contributed by atoms with van der Waals surface area (Å²) in [6.07, 6.45) is 2.20. The van der Waals surface area contributed by atoms with Crippen LogP contribution in [-0.4, -0.2) is 23.9 Å². The van der Waals surface area contributed by atoms with E-state index in [-0.39, 0.29) is 12.4 Å². The Labute approximate surface area is 120 Å². The summed E-state index contributed by atoms with van der Waals surface area (Å²) in [7, 11) is 1.57. The van der Waals surface area contributed by atoms with Gasteiger partial charge in [-0.25, -0.2) is 4.98 Å². The van der Waals surface area contributed by atoms with Crippen molar-refractivity contribution in [3.05, 3.63) is 34.2 Å². The number of aromatic nitrogens is 2. The molecule has 6 heteroatoms. The van der Waals surface area contributed by atoms with Gasteiger partial charge >= 0.3 is 0 Å². The monoisotopic (exact) mass is 286 g/mol. The van der Waals surface area contributed by atoms with Gasteiger partial charge in [0.2, 0.25) is 12.5 Å². The molecule has 1 aliphatic heterocycles. The molecule has 4 rings (SSSR count). The molecule has 108 valence electrons. The van der Waals surface area contributed by atoms with Gasteiger partial charge in [-0.1, -0.05) is 0 Å². The second kappa shape index (κ2) is 4.51. The minimum atomic E-state index is -0.140. The largest absolute Gasteiger partial charge is 0.493 e. The number of nitrogens with zero attached hydrogens (tertiary/aromatic N) is 1. The van der Waals surface area contributed by atoms with Crippen LogP contribution in [-0.2, 0) is 0 Å². The third-order valence-electron chi connectivity index (χ3n) is 3.69. The first kappa shape index (κ1) is 12.3. The van der Waals surface area contributed by atoms with Crippen LogP contribution in [0, 0.1) is 0 Å². The standard InChI is InChI=1S/C15H14N2O4/c1-19-11-4-9(5-12-14(11)21-7-20-12)15-16-10(8-2-3-8)6-13(18)17-15/h4-6,8H,2-3,7H2,1H3,(H,16,17,18). The zero-order chi connectivity index (χ0) is 14.4. The summed E-state index contributed by atoms with van der Waals surface area (Å²) in [6, 6.07) is 5.17. The Balaban J connectivity index is 1.85. The molecule has 0 spiro atoms. The van der Waals surface area contributed by atoms with E-state index in [9.17, 15) is 4.79 Å². The van der Waals surface area contributed by atoms with Gasteiger partial charge in [0, 0.05) is 17.5 Å². The number of hydrogen-bond acceptors (Lipinski definition) is 5. The Bertz CT molecular complexity index is 765. The fourth-order valence-corrected chi connectivity index (χ4v) is 2.47. The molecule has 0 bridgehead atoms. The normalized spacial score (nSPS) is 16.0. The maximum Gasteiger partial charge on any atom is 0.251 e. The molecule has 0 saturated heterocycles. The van der Waals surface area contributed by atoms with Crippen LogP contribution in [0.25, 0.3) is 11.4 Å². The quantitative estimate of drug-likeness (QED) is 0.934. The van der Waals surface area contributed by atoms with E-state index < -0.39 is 0 Å². The highest BCUT2D eigenvalue weighted by atomic mass is 16.7. The zero-order valence-corrected chi connectivity index (χ0v) is 11.5. The number of nitrogens with one attached hydrogen (secondary N) is 1. The molecule has 6 nitrogen and oxygen atoms in total. The second-order valence-electron chi connectivity index (χ2n) is 5.21. The molecule has 2 heterocycles. The fourth-order valence-electron chi connectivity index (χ4n) is 2.47. The zero-order valence-electron chi connectivity index (χ0n) is 11.5. The van der Waals surface area contributed by atoms with Gasteiger partial charge in [0.25, 0.3) is 5.56 Å². The number of hydrogen-bond donors (Lipinski definition) is 1. The van der Waals surface area contributed by atoms with Crippen molar-refractivity contribution in [1.29, 1.82) is 0 Å². The van der Waals surface area contributed by atoms with E-state index in [0.717, 1.165) is 24.1 Å². The smallest absolute Gasteiger partial charge is 0.251 e. The first-order valence-corrected chi connectivity index (χ1v) is 6.84. The van der Waals surface area contributed by atoms with E-state index in [1.807, 2.05) is 0 Å². The van der Waals surface area contributed by atoms with E-state index in [1.54, 1.807) is 25.3 Å². The van der Waals surface area contributed by atoms with Gasteiger partial charge in [-0.3, -0.25) is 4.79 Å². The molecule has 0 radical (unpaired) electrons. The third kappa shape index (κ3) is 2.12. The second-order valence-corrected chi connectivity index (χ2v) is 5.21. The van der Waals surface area contributed by atoms with Gasteiger partial charge in [0.05, 0.1) is 12.8 Å². The van der Waals surface area contributed by atoms with Gasteiger partial charge in [0.1, 0.15) is 5.82 Å². The number of rotatable bonds is 3. The van der Waals surface area contributed by atoms with Gasteiger partial charge in [-0.2, -0.15) is 0 Å². The Kier molecular flexibility index (Phi) is 2.63. The number of ether oxygens (including phenoxy) is 3.